The van der Waals surface area contributed by atoms with E-state index in [0.29, 0.717) is 0 Å². The summed E-state index contributed by atoms with van der Waals surface area (Å²) in [4.78, 5) is 0. The zero-order chi connectivity index (χ0) is 8.65. The van der Waals surface area contributed by atoms with Crippen LogP contribution in [-0.4, -0.2) is 20.3 Å². The van der Waals surface area contributed by atoms with Crippen LogP contribution in [0.5, 0.6) is 0 Å². The summed E-state index contributed by atoms with van der Waals surface area (Å²) >= 11 is 1.74. The van der Waals surface area contributed by atoms with Gasteiger partial charge in [0.05, 0.1) is 0 Å². The first kappa shape index (κ1) is 9.71. The lowest BCUT2D eigenvalue weighted by molar-refractivity contribution is 0.194. The Hall–Kier alpha value is -0.380. The maximum atomic E-state index is 4.94. The van der Waals surface area contributed by atoms with Crippen molar-refractivity contribution in [3.8, 4) is 0 Å². The first-order valence-corrected chi connectivity index (χ1v) is 5.08. The Labute approximate surface area is 77.6 Å². The van der Waals surface area contributed by atoms with Crippen molar-refractivity contribution in [2.75, 3.05) is 20.3 Å². The van der Waals surface area contributed by atoms with Crippen LogP contribution in [-0.2, 0) is 11.3 Å². The summed E-state index contributed by atoms with van der Waals surface area (Å²) in [7, 11) is 1.73. The molecule has 1 aromatic heterocycles. The molecule has 0 unspecified atom stereocenters. The summed E-state index contributed by atoms with van der Waals surface area (Å²) in [6, 6.07) is 2.15. The van der Waals surface area contributed by atoms with Crippen molar-refractivity contribution >= 4 is 11.3 Å². The molecule has 68 valence electrons. The van der Waals surface area contributed by atoms with E-state index in [9.17, 15) is 0 Å². The fourth-order valence-electron chi connectivity index (χ4n) is 0.967. The van der Waals surface area contributed by atoms with Crippen molar-refractivity contribution in [2.45, 2.75) is 13.0 Å². The van der Waals surface area contributed by atoms with E-state index >= 15 is 0 Å². The monoisotopic (exact) mass is 185 g/mol. The Morgan fingerprint density at radius 3 is 3.17 bits per heavy atom. The molecule has 0 bridgehead atoms. The topological polar surface area (TPSA) is 21.3 Å². The predicted molar refractivity (Wildman–Crippen MR) is 52.5 cm³/mol. The molecule has 1 N–H and O–H groups in total. The van der Waals surface area contributed by atoms with E-state index in [1.165, 1.54) is 5.56 Å². The molecule has 0 aliphatic rings. The van der Waals surface area contributed by atoms with Gasteiger partial charge in [-0.15, -0.1) is 0 Å². The molecule has 0 spiro atoms. The Balaban J connectivity index is 1.96. The zero-order valence-corrected chi connectivity index (χ0v) is 8.19. The molecule has 0 aromatic carbocycles. The van der Waals surface area contributed by atoms with E-state index in [2.05, 4.69) is 22.1 Å². The average Bonchev–Trinajstić information content (AvgIpc) is 2.57. The van der Waals surface area contributed by atoms with Crippen molar-refractivity contribution in [1.29, 1.82) is 0 Å². The molecule has 0 saturated carbocycles. The standard InChI is InChI=1S/C9H15NOS/c1-11-5-2-4-10-7-9-3-6-12-8-9/h3,6,8,10H,2,4-5,7H2,1H3. The fourth-order valence-corrected chi connectivity index (χ4v) is 1.64. The van der Waals surface area contributed by atoms with Gasteiger partial charge in [-0.05, 0) is 35.4 Å². The lowest BCUT2D eigenvalue weighted by Gasteiger charge is -2.01. The Morgan fingerprint density at radius 2 is 2.50 bits per heavy atom. The Kier molecular flexibility index (Phi) is 4.99. The second kappa shape index (κ2) is 6.17. The van der Waals surface area contributed by atoms with E-state index in [-0.39, 0.29) is 0 Å². The van der Waals surface area contributed by atoms with Crippen LogP contribution in [0, 0.1) is 0 Å². The smallest absolute Gasteiger partial charge is 0.0474 e. The van der Waals surface area contributed by atoms with Gasteiger partial charge in [-0.25, -0.2) is 0 Å². The third-order valence-electron chi connectivity index (χ3n) is 1.61. The van der Waals surface area contributed by atoms with Gasteiger partial charge in [-0.3, -0.25) is 0 Å². The zero-order valence-electron chi connectivity index (χ0n) is 7.38. The van der Waals surface area contributed by atoms with Gasteiger partial charge >= 0.3 is 0 Å². The molecule has 0 saturated heterocycles. The molecule has 12 heavy (non-hydrogen) atoms. The normalized spacial score (nSPS) is 10.4. The number of ether oxygens (including phenoxy) is 1. The van der Waals surface area contributed by atoms with Gasteiger partial charge in [0, 0.05) is 20.3 Å². The highest BCUT2D eigenvalue weighted by atomic mass is 32.1. The average molecular weight is 185 g/mol. The molecule has 1 aromatic rings. The van der Waals surface area contributed by atoms with Crippen molar-refractivity contribution in [2.24, 2.45) is 0 Å². The van der Waals surface area contributed by atoms with Crippen LogP contribution in [0.25, 0.3) is 0 Å². The number of thiophene rings is 1. The van der Waals surface area contributed by atoms with Crippen molar-refractivity contribution in [3.05, 3.63) is 22.4 Å². The number of methoxy groups -OCH3 is 1. The van der Waals surface area contributed by atoms with E-state index in [4.69, 9.17) is 4.74 Å². The largest absolute Gasteiger partial charge is 0.385 e. The predicted octanol–water partition coefficient (Wildman–Crippen LogP) is 1.87. The molecule has 0 atom stereocenters. The summed E-state index contributed by atoms with van der Waals surface area (Å²) in [5.41, 5.74) is 1.37. The summed E-state index contributed by atoms with van der Waals surface area (Å²) in [5.74, 6) is 0. The first-order chi connectivity index (χ1) is 5.93. The lowest BCUT2D eigenvalue weighted by Crippen LogP contribution is -2.15. The number of hydrogen-bond acceptors (Lipinski definition) is 3. The molecular weight excluding hydrogens is 170 g/mol. The molecule has 0 amide bonds. The Bertz CT molecular complexity index is 186. The van der Waals surface area contributed by atoms with Crippen LogP contribution >= 0.6 is 11.3 Å². The lowest BCUT2D eigenvalue weighted by atomic mass is 10.3. The summed E-state index contributed by atoms with van der Waals surface area (Å²) in [6.45, 7) is 2.85. The van der Waals surface area contributed by atoms with Gasteiger partial charge in [-0.1, -0.05) is 0 Å². The molecule has 0 aliphatic heterocycles. The fraction of sp³-hybridized carbons (Fsp3) is 0.556. The van der Waals surface area contributed by atoms with Gasteiger partial charge in [0.25, 0.3) is 0 Å². The summed E-state index contributed by atoms with van der Waals surface area (Å²) in [6.07, 6.45) is 1.08. The van der Waals surface area contributed by atoms with Gasteiger partial charge in [-0.2, -0.15) is 11.3 Å². The van der Waals surface area contributed by atoms with Gasteiger partial charge in [0.15, 0.2) is 0 Å². The van der Waals surface area contributed by atoms with Crippen molar-refractivity contribution in [3.63, 3.8) is 0 Å². The molecule has 0 radical (unpaired) electrons. The molecule has 3 heteroatoms. The highest BCUT2D eigenvalue weighted by Crippen LogP contribution is 2.04. The molecule has 1 rings (SSSR count). The second-order valence-electron chi connectivity index (χ2n) is 2.65. The third-order valence-corrected chi connectivity index (χ3v) is 2.34. The van der Waals surface area contributed by atoms with Gasteiger partial charge in [0.2, 0.25) is 0 Å². The molecule has 2 nitrogen and oxygen atoms in total. The number of rotatable bonds is 6. The minimum atomic E-state index is 0.844. The van der Waals surface area contributed by atoms with Crippen LogP contribution in [0.2, 0.25) is 0 Å². The van der Waals surface area contributed by atoms with Gasteiger partial charge < -0.3 is 10.1 Å². The van der Waals surface area contributed by atoms with Gasteiger partial charge in [0.1, 0.15) is 0 Å². The minimum Gasteiger partial charge on any atom is -0.385 e. The maximum Gasteiger partial charge on any atom is 0.0474 e. The van der Waals surface area contributed by atoms with Crippen LogP contribution in [0.1, 0.15) is 12.0 Å². The van der Waals surface area contributed by atoms with Crippen molar-refractivity contribution in [1.82, 2.24) is 5.32 Å². The van der Waals surface area contributed by atoms with E-state index in [1.807, 2.05) is 0 Å². The first-order valence-electron chi connectivity index (χ1n) is 4.14. The second-order valence-corrected chi connectivity index (χ2v) is 3.43. The quantitative estimate of drug-likeness (QED) is 0.683. The molecular formula is C9H15NOS. The summed E-state index contributed by atoms with van der Waals surface area (Å²) in [5, 5.41) is 7.62. The van der Waals surface area contributed by atoms with E-state index < -0.39 is 0 Å². The van der Waals surface area contributed by atoms with Crippen molar-refractivity contribution < 1.29 is 4.74 Å². The highest BCUT2D eigenvalue weighted by molar-refractivity contribution is 7.07. The van der Waals surface area contributed by atoms with Crippen LogP contribution in [0.4, 0.5) is 0 Å². The Morgan fingerprint density at radius 1 is 1.58 bits per heavy atom. The van der Waals surface area contributed by atoms with Crippen LogP contribution < -0.4 is 5.32 Å². The third kappa shape index (κ3) is 3.85. The maximum absolute atomic E-state index is 4.94. The van der Waals surface area contributed by atoms with Crippen LogP contribution in [0.15, 0.2) is 16.8 Å². The van der Waals surface area contributed by atoms with E-state index in [1.54, 1.807) is 18.4 Å². The SMILES string of the molecule is COCCCNCc1ccsc1. The van der Waals surface area contributed by atoms with Crippen LogP contribution in [0.3, 0.4) is 0 Å². The molecule has 0 fully saturated rings. The molecule has 1 heterocycles. The molecule has 0 aliphatic carbocycles. The summed E-state index contributed by atoms with van der Waals surface area (Å²) < 4.78 is 4.94. The number of hydrogen-bond donors (Lipinski definition) is 1. The number of nitrogens with one attached hydrogen (secondary N) is 1. The van der Waals surface area contributed by atoms with E-state index in [0.717, 1.165) is 26.1 Å². The minimum absolute atomic E-state index is 0.844. The highest BCUT2D eigenvalue weighted by Gasteiger charge is 1.91.